The highest BCUT2D eigenvalue weighted by atomic mass is 32.2. The summed E-state index contributed by atoms with van der Waals surface area (Å²) in [5, 5.41) is -0.735. The zero-order valence-corrected chi connectivity index (χ0v) is 27.2. The van der Waals surface area contributed by atoms with E-state index in [0.717, 1.165) is 22.6 Å². The minimum Gasteiger partial charge on any atom is -0.497 e. The van der Waals surface area contributed by atoms with Crippen LogP contribution in [0.5, 0.6) is 11.5 Å². The molecule has 1 aliphatic heterocycles. The largest absolute Gasteiger partial charge is 0.497 e. The summed E-state index contributed by atoms with van der Waals surface area (Å²) in [7, 11) is -6.46. The molecule has 10 nitrogen and oxygen atoms in total. The van der Waals surface area contributed by atoms with Crippen LogP contribution in [0, 0.1) is 0 Å². The summed E-state index contributed by atoms with van der Waals surface area (Å²) in [6.45, 7) is 0.540. The normalized spacial score (nSPS) is 17.5. The lowest BCUT2D eigenvalue weighted by Gasteiger charge is -2.40. The maximum Gasteiger partial charge on any atom is 0.417 e. The number of halogens is 3. The Morgan fingerprint density at radius 2 is 1.60 bits per heavy atom. The molecule has 0 bridgehead atoms. The van der Waals surface area contributed by atoms with Crippen LogP contribution in [0.2, 0.25) is 0 Å². The fourth-order valence-corrected chi connectivity index (χ4v) is 9.69. The zero-order chi connectivity index (χ0) is 33.6. The van der Waals surface area contributed by atoms with Gasteiger partial charge in [-0.3, -0.25) is 0 Å². The average molecular weight is 695 g/mol. The molecule has 1 saturated heterocycles. The molecule has 15 heteroatoms. The Labute approximate surface area is 270 Å². The van der Waals surface area contributed by atoms with Gasteiger partial charge in [0.05, 0.1) is 43.4 Å². The van der Waals surface area contributed by atoms with E-state index in [1.54, 1.807) is 24.3 Å². The minimum absolute atomic E-state index is 0.216. The predicted octanol–water partition coefficient (Wildman–Crippen LogP) is 5.79. The van der Waals surface area contributed by atoms with E-state index in [0.29, 0.717) is 47.1 Å². The molecule has 6 rings (SSSR count). The van der Waals surface area contributed by atoms with Crippen LogP contribution in [-0.4, -0.2) is 64.4 Å². The number of ether oxygens (including phenoxy) is 4. The second-order valence-corrected chi connectivity index (χ2v) is 15.0. The molecule has 4 aromatic rings. The van der Waals surface area contributed by atoms with Crippen molar-refractivity contribution in [3.8, 4) is 11.5 Å². The first-order valence-corrected chi connectivity index (χ1v) is 17.7. The highest BCUT2D eigenvalue weighted by molar-refractivity contribution is 7.90. The third-order valence-electron chi connectivity index (χ3n) is 8.71. The van der Waals surface area contributed by atoms with E-state index in [1.807, 2.05) is 0 Å². The summed E-state index contributed by atoms with van der Waals surface area (Å²) in [5.41, 5.74) is -1.25. The van der Waals surface area contributed by atoms with Crippen molar-refractivity contribution in [3.05, 3.63) is 84.1 Å². The average Bonchev–Trinajstić information content (AvgIpc) is 3.70. The van der Waals surface area contributed by atoms with Crippen molar-refractivity contribution >= 4 is 30.9 Å². The van der Waals surface area contributed by atoms with Gasteiger partial charge in [0.1, 0.15) is 16.4 Å². The zero-order valence-electron chi connectivity index (χ0n) is 25.6. The number of hydrogen-bond donors (Lipinski definition) is 0. The van der Waals surface area contributed by atoms with Crippen LogP contribution >= 0.6 is 0 Å². The van der Waals surface area contributed by atoms with E-state index < -0.39 is 59.4 Å². The number of benzene rings is 3. The number of sulfonamides is 1. The molecule has 2 fully saturated rings. The summed E-state index contributed by atoms with van der Waals surface area (Å²) in [4.78, 5) is -0.992. The van der Waals surface area contributed by atoms with E-state index in [2.05, 4.69) is 0 Å². The summed E-state index contributed by atoms with van der Waals surface area (Å²) in [6.07, 6.45) is -2.92. The van der Waals surface area contributed by atoms with E-state index >= 15 is 0 Å². The molecule has 0 N–H and O–H groups in total. The lowest BCUT2D eigenvalue weighted by Crippen LogP contribution is -2.46. The third-order valence-corrected chi connectivity index (χ3v) is 12.3. The van der Waals surface area contributed by atoms with Crippen molar-refractivity contribution in [1.82, 2.24) is 8.28 Å². The van der Waals surface area contributed by atoms with Crippen molar-refractivity contribution in [2.45, 2.75) is 60.0 Å². The molecule has 1 spiro atoms. The highest BCUT2D eigenvalue weighted by Crippen LogP contribution is 2.44. The fourth-order valence-electron chi connectivity index (χ4n) is 6.36. The Hall–Kier alpha value is -3.63. The second-order valence-electron chi connectivity index (χ2n) is 11.4. The quantitative estimate of drug-likeness (QED) is 0.217. The molecule has 0 unspecified atom stereocenters. The van der Waals surface area contributed by atoms with Gasteiger partial charge >= 0.3 is 6.18 Å². The van der Waals surface area contributed by atoms with Crippen LogP contribution in [-0.2, 0) is 42.2 Å². The van der Waals surface area contributed by atoms with Crippen LogP contribution < -0.4 is 9.47 Å². The van der Waals surface area contributed by atoms with Gasteiger partial charge in [-0.15, -0.1) is 0 Å². The van der Waals surface area contributed by atoms with Crippen LogP contribution in [0.3, 0.4) is 0 Å². The number of rotatable bonds is 9. The highest BCUT2D eigenvalue weighted by Gasteiger charge is 2.46. The Kier molecular flexibility index (Phi) is 8.80. The minimum atomic E-state index is -5.00. The fraction of sp³-hybridized carbons (Fsp3) is 0.375. The van der Waals surface area contributed by atoms with Crippen molar-refractivity contribution in [1.29, 1.82) is 0 Å². The van der Waals surface area contributed by atoms with E-state index in [1.165, 1.54) is 44.6 Å². The molecule has 0 atom stereocenters. The van der Waals surface area contributed by atoms with E-state index in [4.69, 9.17) is 18.9 Å². The van der Waals surface area contributed by atoms with Gasteiger partial charge in [0.25, 0.3) is 10.0 Å². The van der Waals surface area contributed by atoms with Gasteiger partial charge in [0, 0.05) is 48.6 Å². The molecule has 252 valence electrons. The number of hydrogen-bond acceptors (Lipinski definition) is 8. The van der Waals surface area contributed by atoms with Gasteiger partial charge in [0.2, 0.25) is 10.0 Å². The maximum absolute atomic E-state index is 14.9. The lowest BCUT2D eigenvalue weighted by atomic mass is 9.90. The summed E-state index contributed by atoms with van der Waals surface area (Å²) < 4.78 is 125. The summed E-state index contributed by atoms with van der Waals surface area (Å²) in [6, 6.07) is 14.2. The smallest absolute Gasteiger partial charge is 0.417 e. The van der Waals surface area contributed by atoms with Crippen LogP contribution in [0.15, 0.2) is 82.7 Å². The molecule has 0 radical (unpaired) electrons. The molecule has 1 aliphatic carbocycles. The summed E-state index contributed by atoms with van der Waals surface area (Å²) >= 11 is 0. The van der Waals surface area contributed by atoms with Gasteiger partial charge in [-0.1, -0.05) is 30.3 Å². The monoisotopic (exact) mass is 694 g/mol. The molecule has 0 amide bonds. The van der Waals surface area contributed by atoms with Gasteiger partial charge in [-0.05, 0) is 43.2 Å². The van der Waals surface area contributed by atoms with Gasteiger partial charge in [0.15, 0.2) is 5.79 Å². The molecule has 1 saturated carbocycles. The van der Waals surface area contributed by atoms with Crippen molar-refractivity contribution in [2.24, 2.45) is 0 Å². The molecular weight excluding hydrogens is 661 g/mol. The van der Waals surface area contributed by atoms with E-state index in [-0.39, 0.29) is 24.3 Å². The van der Waals surface area contributed by atoms with Crippen LogP contribution in [0.4, 0.5) is 13.2 Å². The first-order chi connectivity index (χ1) is 22.3. The Morgan fingerprint density at radius 1 is 0.915 bits per heavy atom. The number of fused-ring (bicyclic) bond motifs is 1. The molecule has 2 aliphatic rings. The number of aromatic nitrogens is 1. The SMILES string of the molecule is COc1ccc(CN(C2CCC3(CC2)OCCO3)S(=O)(=O)c2cn(S(=O)(=O)c3ccccc3)c3cccc(C(F)(F)F)c23)c(OC)c1. The first-order valence-electron chi connectivity index (χ1n) is 14.8. The Balaban J connectivity index is 1.54. The standard InChI is InChI=1S/C32H33F3N2O8S2/c1-42-24-12-11-22(28(19-24)43-2)20-36(23-13-15-31(16-14-23)44-17-18-45-31)47(40,41)29-21-37(46(38,39)25-7-4-3-5-8-25)27-10-6-9-26(30(27)29)32(33,34)35/h3-12,19,21,23H,13-18,20H2,1-2H3. The molecule has 1 aromatic heterocycles. The number of methoxy groups -OCH3 is 2. The molecule has 47 heavy (non-hydrogen) atoms. The molecule has 2 heterocycles. The van der Waals surface area contributed by atoms with Gasteiger partial charge < -0.3 is 18.9 Å². The summed E-state index contributed by atoms with van der Waals surface area (Å²) in [5.74, 6) is -0.0732. The Morgan fingerprint density at radius 3 is 2.21 bits per heavy atom. The van der Waals surface area contributed by atoms with Crippen molar-refractivity contribution < 1.29 is 49.0 Å². The third kappa shape index (κ3) is 6.10. The number of nitrogens with zero attached hydrogens (tertiary/aromatic N) is 2. The van der Waals surface area contributed by atoms with Gasteiger partial charge in [-0.2, -0.15) is 17.5 Å². The van der Waals surface area contributed by atoms with Crippen molar-refractivity contribution in [3.63, 3.8) is 0 Å². The molecule has 3 aromatic carbocycles. The molecular formula is C32H33F3N2O8S2. The topological polar surface area (TPSA) is 113 Å². The van der Waals surface area contributed by atoms with E-state index in [9.17, 15) is 30.0 Å². The predicted molar refractivity (Wildman–Crippen MR) is 165 cm³/mol. The lowest BCUT2D eigenvalue weighted by molar-refractivity contribution is -0.182. The van der Waals surface area contributed by atoms with Crippen molar-refractivity contribution in [2.75, 3.05) is 27.4 Å². The second kappa shape index (κ2) is 12.4. The van der Waals surface area contributed by atoms with Crippen LogP contribution in [0.1, 0.15) is 36.8 Å². The number of alkyl halides is 3. The van der Waals surface area contributed by atoms with Crippen LogP contribution in [0.25, 0.3) is 10.9 Å². The van der Waals surface area contributed by atoms with Gasteiger partial charge in [-0.25, -0.2) is 20.8 Å². The maximum atomic E-state index is 14.9. The first kappa shape index (κ1) is 33.3. The Bertz CT molecular complexity index is 1980.